The molecule has 0 unspecified atom stereocenters. The number of rotatable bonds is 6. The Bertz CT molecular complexity index is 672. The fourth-order valence-electron chi connectivity index (χ4n) is 3.37. The van der Waals surface area contributed by atoms with Gasteiger partial charge in [-0.15, -0.1) is 0 Å². The molecule has 1 N–H and O–H groups in total. The van der Waals surface area contributed by atoms with Crippen LogP contribution in [0.25, 0.3) is 0 Å². The van der Waals surface area contributed by atoms with E-state index in [-0.39, 0.29) is 0 Å². The van der Waals surface area contributed by atoms with Crippen LogP contribution in [0.5, 0.6) is 5.75 Å². The Morgan fingerprint density at radius 1 is 1.16 bits per heavy atom. The molecule has 3 rings (SSSR count). The number of thiocarbonyl (C=S) groups is 1. The minimum Gasteiger partial charge on any atom is -0.494 e. The van der Waals surface area contributed by atoms with Crippen LogP contribution in [-0.4, -0.2) is 29.7 Å². The third-order valence-corrected chi connectivity index (χ3v) is 5.00. The fraction of sp³-hybridized carbons (Fsp3) is 0.381. The van der Waals surface area contributed by atoms with Crippen molar-refractivity contribution in [2.24, 2.45) is 0 Å². The summed E-state index contributed by atoms with van der Waals surface area (Å²) in [5.41, 5.74) is 2.65. The highest BCUT2D eigenvalue weighted by molar-refractivity contribution is 7.80. The average Bonchev–Trinajstić information content (AvgIpc) is 3.13. The predicted molar refractivity (Wildman–Crippen MR) is 107 cm³/mol. The first-order chi connectivity index (χ1) is 12.3. The van der Waals surface area contributed by atoms with E-state index in [2.05, 4.69) is 58.7 Å². The molecule has 0 bridgehead atoms. The third-order valence-electron chi connectivity index (χ3n) is 4.62. The van der Waals surface area contributed by atoms with E-state index in [4.69, 9.17) is 17.0 Å². The molecular weight excluding hydrogens is 328 g/mol. The molecule has 25 heavy (non-hydrogen) atoms. The maximum Gasteiger partial charge on any atom is 0.169 e. The van der Waals surface area contributed by atoms with Gasteiger partial charge >= 0.3 is 0 Å². The molecule has 0 spiro atoms. The number of nitrogens with one attached hydrogen (secondary N) is 1. The number of nitrogens with zero attached hydrogens (tertiary/aromatic N) is 1. The molecule has 1 fully saturated rings. The van der Waals surface area contributed by atoms with Gasteiger partial charge in [-0.25, -0.2) is 0 Å². The van der Waals surface area contributed by atoms with E-state index in [1.807, 2.05) is 13.0 Å². The highest BCUT2D eigenvalue weighted by Gasteiger charge is 2.27. The second-order valence-electron chi connectivity index (χ2n) is 6.32. The number of ether oxygens (including phenoxy) is 1. The molecule has 2 aromatic carbocycles. The average molecular weight is 355 g/mol. The Morgan fingerprint density at radius 2 is 1.92 bits per heavy atom. The second kappa shape index (κ2) is 8.86. The maximum atomic E-state index is 5.66. The number of hydrogen-bond acceptors (Lipinski definition) is 2. The molecule has 3 nitrogen and oxygen atoms in total. The van der Waals surface area contributed by atoms with Crippen LogP contribution in [0.4, 0.5) is 0 Å². The van der Waals surface area contributed by atoms with Crippen LogP contribution in [0, 0.1) is 0 Å². The van der Waals surface area contributed by atoms with Crippen LogP contribution < -0.4 is 10.1 Å². The number of likely N-dealkylation sites (tertiary alicyclic amines) is 1. The van der Waals surface area contributed by atoms with Crippen molar-refractivity contribution in [1.82, 2.24) is 10.2 Å². The third kappa shape index (κ3) is 4.73. The summed E-state index contributed by atoms with van der Waals surface area (Å²) in [7, 11) is 0. The minimum atomic E-state index is 0.368. The molecule has 1 saturated heterocycles. The highest BCUT2D eigenvalue weighted by atomic mass is 32.1. The normalized spacial score (nSPS) is 16.7. The predicted octanol–water partition coefficient (Wildman–Crippen LogP) is 4.34. The highest BCUT2D eigenvalue weighted by Crippen LogP contribution is 2.32. The molecule has 0 aromatic heterocycles. The molecule has 1 heterocycles. The molecule has 0 amide bonds. The summed E-state index contributed by atoms with van der Waals surface area (Å²) < 4.78 is 5.54. The molecular formula is C21H26N2OS. The molecule has 1 atom stereocenters. The zero-order valence-corrected chi connectivity index (χ0v) is 15.6. The first kappa shape index (κ1) is 17.7. The smallest absolute Gasteiger partial charge is 0.169 e. The van der Waals surface area contributed by atoms with Gasteiger partial charge in [0, 0.05) is 13.1 Å². The van der Waals surface area contributed by atoms with Gasteiger partial charge < -0.3 is 15.0 Å². The maximum absolute atomic E-state index is 5.66. The van der Waals surface area contributed by atoms with E-state index in [1.54, 1.807) is 0 Å². The van der Waals surface area contributed by atoms with Gasteiger partial charge in [0.25, 0.3) is 0 Å². The summed E-state index contributed by atoms with van der Waals surface area (Å²) in [5.74, 6) is 0.930. The first-order valence-corrected chi connectivity index (χ1v) is 9.50. The molecule has 0 saturated carbocycles. The number of hydrogen-bond donors (Lipinski definition) is 1. The Balaban J connectivity index is 1.56. The van der Waals surface area contributed by atoms with Crippen LogP contribution in [0.2, 0.25) is 0 Å². The standard InChI is InChI=1S/C21H26N2OS/c1-2-24-19-12-10-18(11-13-19)20-9-6-16-23(20)21(25)22-15-14-17-7-4-3-5-8-17/h3-5,7-8,10-13,20H,2,6,9,14-16H2,1H3,(H,22,25)/t20-/m0/s1. The van der Waals surface area contributed by atoms with E-state index in [0.717, 1.165) is 36.8 Å². The van der Waals surface area contributed by atoms with Crippen LogP contribution >= 0.6 is 12.2 Å². The monoisotopic (exact) mass is 354 g/mol. The van der Waals surface area contributed by atoms with Crippen molar-refractivity contribution < 1.29 is 4.74 Å². The Labute approximate surface area is 156 Å². The van der Waals surface area contributed by atoms with Crippen molar-refractivity contribution in [3.63, 3.8) is 0 Å². The van der Waals surface area contributed by atoms with Gasteiger partial charge in [0.05, 0.1) is 12.6 Å². The Kier molecular flexibility index (Phi) is 6.29. The number of benzene rings is 2. The molecule has 0 aliphatic carbocycles. The van der Waals surface area contributed by atoms with Gasteiger partial charge in [0.15, 0.2) is 5.11 Å². The fourth-order valence-corrected chi connectivity index (χ4v) is 3.69. The van der Waals surface area contributed by atoms with Crippen molar-refractivity contribution in [2.45, 2.75) is 32.2 Å². The van der Waals surface area contributed by atoms with Gasteiger partial charge in [-0.2, -0.15) is 0 Å². The van der Waals surface area contributed by atoms with Crippen molar-refractivity contribution in [2.75, 3.05) is 19.7 Å². The van der Waals surface area contributed by atoms with E-state index in [0.29, 0.717) is 12.6 Å². The molecule has 1 aliphatic rings. The summed E-state index contributed by atoms with van der Waals surface area (Å²) >= 11 is 5.66. The molecule has 2 aromatic rings. The quantitative estimate of drug-likeness (QED) is 0.780. The van der Waals surface area contributed by atoms with Crippen molar-refractivity contribution >= 4 is 17.3 Å². The summed E-state index contributed by atoms with van der Waals surface area (Å²) in [6, 6.07) is 19.3. The van der Waals surface area contributed by atoms with E-state index >= 15 is 0 Å². The summed E-state index contributed by atoms with van der Waals surface area (Å²) in [6.07, 6.45) is 3.31. The SMILES string of the molecule is CCOc1ccc([C@@H]2CCCN2C(=S)NCCc2ccccc2)cc1. The Morgan fingerprint density at radius 3 is 2.64 bits per heavy atom. The van der Waals surface area contributed by atoms with E-state index in [1.165, 1.54) is 17.5 Å². The lowest BCUT2D eigenvalue weighted by Crippen LogP contribution is -2.40. The van der Waals surface area contributed by atoms with Crippen molar-refractivity contribution in [3.8, 4) is 5.75 Å². The van der Waals surface area contributed by atoms with Crippen LogP contribution in [-0.2, 0) is 6.42 Å². The lowest BCUT2D eigenvalue weighted by atomic mass is 10.0. The molecule has 4 heteroatoms. The molecule has 1 aliphatic heterocycles. The van der Waals surface area contributed by atoms with Crippen molar-refractivity contribution in [3.05, 3.63) is 65.7 Å². The zero-order valence-electron chi connectivity index (χ0n) is 14.8. The Hall–Kier alpha value is -2.07. The zero-order chi connectivity index (χ0) is 17.5. The minimum absolute atomic E-state index is 0.368. The van der Waals surface area contributed by atoms with Crippen LogP contribution in [0.1, 0.15) is 36.9 Å². The molecule has 0 radical (unpaired) electrons. The molecule has 132 valence electrons. The summed E-state index contributed by atoms with van der Waals surface area (Å²) in [5, 5.41) is 4.31. The lowest BCUT2D eigenvalue weighted by Gasteiger charge is -2.28. The van der Waals surface area contributed by atoms with Gasteiger partial charge in [-0.1, -0.05) is 42.5 Å². The van der Waals surface area contributed by atoms with Gasteiger partial charge in [-0.05, 0) is 61.7 Å². The van der Waals surface area contributed by atoms with Gasteiger partial charge in [-0.3, -0.25) is 0 Å². The second-order valence-corrected chi connectivity index (χ2v) is 6.71. The van der Waals surface area contributed by atoms with Gasteiger partial charge in [0.1, 0.15) is 5.75 Å². The van der Waals surface area contributed by atoms with Crippen LogP contribution in [0.3, 0.4) is 0 Å². The first-order valence-electron chi connectivity index (χ1n) is 9.09. The lowest BCUT2D eigenvalue weighted by molar-refractivity contribution is 0.339. The van der Waals surface area contributed by atoms with Gasteiger partial charge in [0.2, 0.25) is 0 Å². The van der Waals surface area contributed by atoms with Crippen molar-refractivity contribution in [1.29, 1.82) is 0 Å². The summed E-state index contributed by atoms with van der Waals surface area (Å²) in [6.45, 7) is 4.60. The van der Waals surface area contributed by atoms with E-state index < -0.39 is 0 Å². The van der Waals surface area contributed by atoms with E-state index in [9.17, 15) is 0 Å². The topological polar surface area (TPSA) is 24.5 Å². The van der Waals surface area contributed by atoms with Crippen LogP contribution in [0.15, 0.2) is 54.6 Å². The largest absolute Gasteiger partial charge is 0.494 e. The summed E-state index contributed by atoms with van der Waals surface area (Å²) in [4.78, 5) is 2.33.